The van der Waals surface area contributed by atoms with E-state index in [0.29, 0.717) is 5.16 Å². The highest BCUT2D eigenvalue weighted by Crippen LogP contribution is 2.17. The van der Waals surface area contributed by atoms with Gasteiger partial charge in [-0.05, 0) is 13.0 Å². The zero-order valence-electron chi connectivity index (χ0n) is 8.93. The maximum absolute atomic E-state index is 11.5. The first-order chi connectivity index (χ1) is 7.63. The van der Waals surface area contributed by atoms with E-state index in [9.17, 15) is 9.59 Å². The second-order valence-electron chi connectivity index (χ2n) is 2.86. The molecule has 6 nitrogen and oxygen atoms in total. The van der Waals surface area contributed by atoms with Gasteiger partial charge in [0, 0.05) is 19.4 Å². The van der Waals surface area contributed by atoms with Crippen molar-refractivity contribution in [3.63, 3.8) is 0 Å². The number of rotatable bonds is 3. The summed E-state index contributed by atoms with van der Waals surface area (Å²) in [4.78, 5) is 30.3. The van der Waals surface area contributed by atoms with Crippen molar-refractivity contribution < 1.29 is 9.59 Å². The van der Waals surface area contributed by atoms with Gasteiger partial charge >= 0.3 is 6.03 Å². The number of imide groups is 1. The third kappa shape index (κ3) is 3.85. The summed E-state index contributed by atoms with van der Waals surface area (Å²) in [6.45, 7) is 1.68. The van der Waals surface area contributed by atoms with Gasteiger partial charge in [0.15, 0.2) is 5.16 Å². The molecule has 0 aliphatic heterocycles. The topological polar surface area (TPSA) is 84.0 Å². The van der Waals surface area contributed by atoms with Crippen LogP contribution in [-0.2, 0) is 4.79 Å². The maximum Gasteiger partial charge on any atom is 0.321 e. The van der Waals surface area contributed by atoms with Crippen LogP contribution in [0.5, 0.6) is 0 Å². The summed E-state index contributed by atoms with van der Waals surface area (Å²) in [5, 5.41) is 4.56. The van der Waals surface area contributed by atoms with Crippen molar-refractivity contribution in [2.45, 2.75) is 17.3 Å². The molecule has 0 aliphatic rings. The first-order valence-corrected chi connectivity index (χ1v) is 5.47. The van der Waals surface area contributed by atoms with Crippen LogP contribution in [0.2, 0.25) is 0 Å². The first-order valence-electron chi connectivity index (χ1n) is 4.59. The summed E-state index contributed by atoms with van der Waals surface area (Å²) in [5.41, 5.74) is 0. The Hall–Kier alpha value is -1.63. The number of carbonyl (C=O) groups excluding carboxylic acids is 2. The van der Waals surface area contributed by atoms with Crippen LogP contribution in [0, 0.1) is 0 Å². The molecular formula is C9H12N4O2S. The Kier molecular flexibility index (Phi) is 4.71. The van der Waals surface area contributed by atoms with Crippen LogP contribution in [-0.4, -0.2) is 34.2 Å². The van der Waals surface area contributed by atoms with Crippen LogP contribution in [0.3, 0.4) is 0 Å². The number of thioether (sulfide) groups is 1. The number of nitrogens with zero attached hydrogens (tertiary/aromatic N) is 2. The van der Waals surface area contributed by atoms with Gasteiger partial charge in [-0.15, -0.1) is 0 Å². The van der Waals surface area contributed by atoms with Crippen molar-refractivity contribution >= 4 is 23.7 Å². The van der Waals surface area contributed by atoms with Crippen LogP contribution in [0.25, 0.3) is 0 Å². The number of nitrogens with one attached hydrogen (secondary N) is 2. The van der Waals surface area contributed by atoms with Crippen molar-refractivity contribution in [3.8, 4) is 0 Å². The van der Waals surface area contributed by atoms with Gasteiger partial charge in [-0.3, -0.25) is 10.1 Å². The normalized spacial score (nSPS) is 11.6. The predicted molar refractivity (Wildman–Crippen MR) is 59.9 cm³/mol. The Morgan fingerprint density at radius 1 is 1.38 bits per heavy atom. The number of hydrogen-bond acceptors (Lipinski definition) is 5. The summed E-state index contributed by atoms with van der Waals surface area (Å²) in [6.07, 6.45) is 3.19. The average molecular weight is 240 g/mol. The minimum Gasteiger partial charge on any atom is -0.341 e. The highest BCUT2D eigenvalue weighted by Gasteiger charge is 2.17. The van der Waals surface area contributed by atoms with E-state index in [1.54, 1.807) is 25.4 Å². The summed E-state index contributed by atoms with van der Waals surface area (Å²) in [7, 11) is 1.45. The van der Waals surface area contributed by atoms with Crippen LogP contribution in [0.1, 0.15) is 6.92 Å². The number of amides is 3. The Morgan fingerprint density at radius 3 is 2.56 bits per heavy atom. The largest absolute Gasteiger partial charge is 0.341 e. The van der Waals surface area contributed by atoms with Crippen molar-refractivity contribution in [2.75, 3.05) is 7.05 Å². The Bertz CT molecular complexity index is 371. The van der Waals surface area contributed by atoms with E-state index in [1.807, 2.05) is 0 Å². The zero-order valence-corrected chi connectivity index (χ0v) is 9.75. The number of urea groups is 1. The lowest BCUT2D eigenvalue weighted by atomic mass is 10.4. The molecule has 0 bridgehead atoms. The Balaban J connectivity index is 2.49. The minimum absolute atomic E-state index is 0.378. The molecule has 0 spiro atoms. The molecule has 1 aromatic heterocycles. The van der Waals surface area contributed by atoms with Gasteiger partial charge < -0.3 is 5.32 Å². The molecular weight excluding hydrogens is 228 g/mol. The molecule has 2 N–H and O–H groups in total. The van der Waals surface area contributed by atoms with Gasteiger partial charge in [0.25, 0.3) is 0 Å². The second kappa shape index (κ2) is 6.06. The van der Waals surface area contributed by atoms with Gasteiger partial charge in [0.2, 0.25) is 5.91 Å². The lowest BCUT2D eigenvalue weighted by Gasteiger charge is -2.09. The number of aromatic nitrogens is 2. The molecule has 7 heteroatoms. The first kappa shape index (κ1) is 12.4. The lowest BCUT2D eigenvalue weighted by molar-refractivity contribution is -0.119. The van der Waals surface area contributed by atoms with Crippen LogP contribution < -0.4 is 10.6 Å². The van der Waals surface area contributed by atoms with Gasteiger partial charge in [-0.25, -0.2) is 14.8 Å². The van der Waals surface area contributed by atoms with Crippen molar-refractivity contribution in [3.05, 3.63) is 18.5 Å². The molecule has 0 fully saturated rings. The van der Waals surface area contributed by atoms with Gasteiger partial charge in [0.1, 0.15) is 0 Å². The molecule has 3 amide bonds. The molecule has 16 heavy (non-hydrogen) atoms. The average Bonchev–Trinajstić information content (AvgIpc) is 2.30. The Morgan fingerprint density at radius 2 is 2.00 bits per heavy atom. The van der Waals surface area contributed by atoms with E-state index in [0.717, 1.165) is 0 Å². The standard InChI is InChI=1S/C9H12N4O2S/c1-6(7(14)13-8(15)10-2)16-9-11-4-3-5-12-9/h3-6H,1-2H3,(H2,10,13,14,15)/t6-/m1/s1. The van der Waals surface area contributed by atoms with Crippen LogP contribution in [0.4, 0.5) is 4.79 Å². The summed E-state index contributed by atoms with van der Waals surface area (Å²) in [6, 6.07) is 1.17. The molecule has 1 heterocycles. The van der Waals surface area contributed by atoms with E-state index < -0.39 is 11.3 Å². The van der Waals surface area contributed by atoms with E-state index in [2.05, 4.69) is 20.6 Å². The Labute approximate surface area is 97.2 Å². The number of carbonyl (C=O) groups is 2. The van der Waals surface area contributed by atoms with Crippen molar-refractivity contribution in [1.29, 1.82) is 0 Å². The van der Waals surface area contributed by atoms with E-state index in [-0.39, 0.29) is 5.91 Å². The SMILES string of the molecule is CNC(=O)NC(=O)[C@@H](C)Sc1ncccn1. The molecule has 1 atom stereocenters. The molecule has 0 unspecified atom stereocenters. The maximum atomic E-state index is 11.5. The highest BCUT2D eigenvalue weighted by atomic mass is 32.2. The molecule has 86 valence electrons. The minimum atomic E-state index is -0.522. The monoisotopic (exact) mass is 240 g/mol. The third-order valence-corrected chi connectivity index (χ3v) is 2.65. The van der Waals surface area contributed by atoms with Crippen LogP contribution >= 0.6 is 11.8 Å². The third-order valence-electron chi connectivity index (χ3n) is 1.66. The number of hydrogen-bond donors (Lipinski definition) is 2. The fourth-order valence-electron chi connectivity index (χ4n) is 0.834. The molecule has 0 radical (unpaired) electrons. The summed E-state index contributed by atoms with van der Waals surface area (Å²) in [5.74, 6) is -0.378. The van der Waals surface area contributed by atoms with E-state index >= 15 is 0 Å². The lowest BCUT2D eigenvalue weighted by Crippen LogP contribution is -2.41. The van der Waals surface area contributed by atoms with Crippen molar-refractivity contribution in [2.24, 2.45) is 0 Å². The van der Waals surface area contributed by atoms with Gasteiger partial charge in [-0.2, -0.15) is 0 Å². The predicted octanol–water partition coefficient (Wildman–Crippen LogP) is 0.413. The van der Waals surface area contributed by atoms with Crippen molar-refractivity contribution in [1.82, 2.24) is 20.6 Å². The molecule has 0 saturated carbocycles. The van der Waals surface area contributed by atoms with E-state index in [4.69, 9.17) is 0 Å². The summed E-state index contributed by atoms with van der Waals surface area (Å²) >= 11 is 1.19. The fourth-order valence-corrected chi connectivity index (χ4v) is 1.56. The van der Waals surface area contributed by atoms with Crippen LogP contribution in [0.15, 0.2) is 23.6 Å². The fraction of sp³-hybridized carbons (Fsp3) is 0.333. The zero-order chi connectivity index (χ0) is 12.0. The molecule has 1 aromatic rings. The summed E-state index contributed by atoms with van der Waals surface area (Å²) < 4.78 is 0. The quantitative estimate of drug-likeness (QED) is 0.590. The molecule has 0 aliphatic carbocycles. The smallest absolute Gasteiger partial charge is 0.321 e. The molecule has 0 saturated heterocycles. The van der Waals surface area contributed by atoms with Gasteiger partial charge in [-0.1, -0.05) is 11.8 Å². The molecule has 1 rings (SSSR count). The van der Waals surface area contributed by atoms with E-state index in [1.165, 1.54) is 18.8 Å². The second-order valence-corrected chi connectivity index (χ2v) is 4.17. The highest BCUT2D eigenvalue weighted by molar-refractivity contribution is 8.00. The molecule has 0 aromatic carbocycles. The van der Waals surface area contributed by atoms with Gasteiger partial charge in [0.05, 0.1) is 5.25 Å².